The molecule has 0 radical (unpaired) electrons. The highest BCUT2D eigenvalue weighted by atomic mass is 16.1. The number of Topliss-reactive ketones (excluding diaryl/α,β-unsaturated/α-hetero) is 1. The average Bonchev–Trinajstić information content (AvgIpc) is 2.06. The molecule has 3 heteroatoms. The maximum absolute atomic E-state index is 11.3. The Balaban J connectivity index is 2.53. The Labute approximate surface area is 74.4 Å². The van der Waals surface area contributed by atoms with E-state index < -0.39 is 0 Å². The van der Waals surface area contributed by atoms with Crippen LogP contribution < -0.4 is 0 Å². The summed E-state index contributed by atoms with van der Waals surface area (Å²) in [5.74, 6) is -0.661. The fourth-order valence-corrected chi connectivity index (χ4v) is 1.38. The predicted molar refractivity (Wildman–Crippen MR) is 44.9 cm³/mol. The Kier molecular flexibility index (Phi) is 1.59. The van der Waals surface area contributed by atoms with E-state index in [1.165, 1.54) is 24.3 Å². The van der Waals surface area contributed by atoms with Crippen LogP contribution in [-0.2, 0) is 14.4 Å². The second-order valence-corrected chi connectivity index (χ2v) is 2.96. The summed E-state index contributed by atoms with van der Waals surface area (Å²) in [6, 6.07) is 0. The van der Waals surface area contributed by atoms with Gasteiger partial charge in [0.1, 0.15) is 0 Å². The van der Waals surface area contributed by atoms with Crippen LogP contribution in [0.4, 0.5) is 0 Å². The zero-order valence-electron chi connectivity index (χ0n) is 6.74. The van der Waals surface area contributed by atoms with Gasteiger partial charge in [0.05, 0.1) is 6.42 Å². The van der Waals surface area contributed by atoms with Gasteiger partial charge in [0.25, 0.3) is 0 Å². The number of hydrogen-bond acceptors (Lipinski definition) is 3. The normalized spacial score (nSPS) is 21.1. The first-order valence-corrected chi connectivity index (χ1v) is 3.88. The van der Waals surface area contributed by atoms with Gasteiger partial charge in [-0.05, 0) is 23.8 Å². The lowest BCUT2D eigenvalue weighted by Crippen LogP contribution is -2.18. The molecule has 13 heavy (non-hydrogen) atoms. The third kappa shape index (κ3) is 1.28. The molecular formula is C10H6O3. The molecule has 0 N–H and O–H groups in total. The molecule has 2 rings (SSSR count). The number of rotatable bonds is 0. The van der Waals surface area contributed by atoms with Crippen LogP contribution in [0.3, 0.4) is 0 Å². The van der Waals surface area contributed by atoms with Crippen molar-refractivity contribution < 1.29 is 14.4 Å². The van der Waals surface area contributed by atoms with Crippen LogP contribution in [0.15, 0.2) is 35.5 Å². The van der Waals surface area contributed by atoms with Crippen molar-refractivity contribution in [1.82, 2.24) is 0 Å². The van der Waals surface area contributed by atoms with Crippen molar-refractivity contribution in [3.8, 4) is 0 Å². The minimum atomic E-state index is -0.264. The summed E-state index contributed by atoms with van der Waals surface area (Å²) in [7, 11) is 0. The van der Waals surface area contributed by atoms with Gasteiger partial charge >= 0.3 is 0 Å². The third-order valence-corrected chi connectivity index (χ3v) is 1.98. The van der Waals surface area contributed by atoms with E-state index in [4.69, 9.17) is 0 Å². The van der Waals surface area contributed by atoms with Crippen LogP contribution in [0.25, 0.3) is 0 Å². The SMILES string of the molecule is O=C1C=CC2=CC(=O)CC(=O)C2=C1. The zero-order valence-corrected chi connectivity index (χ0v) is 6.74. The highest BCUT2D eigenvalue weighted by Crippen LogP contribution is 2.23. The van der Waals surface area contributed by atoms with Crippen molar-refractivity contribution in [2.45, 2.75) is 6.42 Å². The number of carbonyl (C=O) groups excluding carboxylic acids is 3. The van der Waals surface area contributed by atoms with Gasteiger partial charge in [-0.1, -0.05) is 6.08 Å². The summed E-state index contributed by atoms with van der Waals surface area (Å²) in [5.41, 5.74) is 0.924. The summed E-state index contributed by atoms with van der Waals surface area (Å²) in [6.07, 6.45) is 5.42. The van der Waals surface area contributed by atoms with Crippen LogP contribution >= 0.6 is 0 Å². The van der Waals surface area contributed by atoms with Crippen molar-refractivity contribution >= 4 is 17.3 Å². The van der Waals surface area contributed by atoms with E-state index in [9.17, 15) is 14.4 Å². The van der Waals surface area contributed by atoms with Crippen molar-refractivity contribution in [1.29, 1.82) is 0 Å². The van der Waals surface area contributed by atoms with Crippen LogP contribution in [0.2, 0.25) is 0 Å². The highest BCUT2D eigenvalue weighted by molar-refractivity contribution is 6.21. The van der Waals surface area contributed by atoms with Gasteiger partial charge in [-0.15, -0.1) is 0 Å². The second kappa shape index (κ2) is 2.62. The van der Waals surface area contributed by atoms with Gasteiger partial charge in [-0.25, -0.2) is 0 Å². The van der Waals surface area contributed by atoms with Gasteiger partial charge in [0.15, 0.2) is 17.3 Å². The molecule has 0 fully saturated rings. The van der Waals surface area contributed by atoms with E-state index in [1.807, 2.05) is 0 Å². The second-order valence-electron chi connectivity index (χ2n) is 2.96. The van der Waals surface area contributed by atoms with E-state index in [0.717, 1.165) is 0 Å². The lowest BCUT2D eigenvalue weighted by Gasteiger charge is -2.13. The molecule has 0 heterocycles. The van der Waals surface area contributed by atoms with E-state index >= 15 is 0 Å². The monoisotopic (exact) mass is 174 g/mol. The summed E-state index contributed by atoms with van der Waals surface area (Å²) in [5, 5.41) is 0. The quantitative estimate of drug-likeness (QED) is 0.503. The van der Waals surface area contributed by atoms with E-state index in [2.05, 4.69) is 0 Å². The summed E-state index contributed by atoms with van der Waals surface area (Å²) in [4.78, 5) is 33.2. The number of allylic oxidation sites excluding steroid dienone is 6. The molecule has 0 atom stereocenters. The van der Waals surface area contributed by atoms with Gasteiger partial charge in [-0.2, -0.15) is 0 Å². The van der Waals surface area contributed by atoms with Crippen molar-refractivity contribution in [3.05, 3.63) is 35.5 Å². The van der Waals surface area contributed by atoms with Crippen molar-refractivity contribution in [3.63, 3.8) is 0 Å². The van der Waals surface area contributed by atoms with Crippen LogP contribution in [0.1, 0.15) is 6.42 Å². The van der Waals surface area contributed by atoms with E-state index in [0.29, 0.717) is 11.1 Å². The molecule has 64 valence electrons. The van der Waals surface area contributed by atoms with Gasteiger partial charge in [-0.3, -0.25) is 14.4 Å². The van der Waals surface area contributed by atoms with Crippen molar-refractivity contribution in [2.24, 2.45) is 0 Å². The number of fused-ring (bicyclic) bond motifs is 1. The molecule has 0 aromatic carbocycles. The Morgan fingerprint density at radius 2 is 1.77 bits per heavy atom. The molecule has 0 aliphatic heterocycles. The Hall–Kier alpha value is -1.77. The van der Waals surface area contributed by atoms with Gasteiger partial charge in [0.2, 0.25) is 0 Å². The standard InChI is InChI=1S/C10H6O3/c11-7-2-1-6-3-8(12)5-10(13)9(6)4-7/h1-4H,5H2. The maximum atomic E-state index is 11.3. The molecular weight excluding hydrogens is 168 g/mol. The first kappa shape index (κ1) is 7.86. The highest BCUT2D eigenvalue weighted by Gasteiger charge is 2.24. The molecule has 0 aromatic heterocycles. The molecule has 2 aliphatic rings. The molecule has 0 bridgehead atoms. The lowest BCUT2D eigenvalue weighted by atomic mass is 9.88. The molecule has 3 nitrogen and oxygen atoms in total. The van der Waals surface area contributed by atoms with Crippen LogP contribution in [-0.4, -0.2) is 17.3 Å². The lowest BCUT2D eigenvalue weighted by molar-refractivity contribution is -0.123. The first-order valence-electron chi connectivity index (χ1n) is 3.88. The van der Waals surface area contributed by atoms with E-state index in [1.54, 1.807) is 0 Å². The molecule has 0 saturated heterocycles. The smallest absolute Gasteiger partial charge is 0.179 e. The summed E-state index contributed by atoms with van der Waals surface area (Å²) < 4.78 is 0. The Bertz CT molecular complexity index is 408. The number of hydrogen-bond donors (Lipinski definition) is 0. The molecule has 2 aliphatic carbocycles. The Morgan fingerprint density at radius 1 is 1.00 bits per heavy atom. The maximum Gasteiger partial charge on any atom is 0.179 e. The first-order chi connectivity index (χ1) is 6.16. The van der Waals surface area contributed by atoms with E-state index in [-0.39, 0.29) is 23.8 Å². The Morgan fingerprint density at radius 3 is 2.54 bits per heavy atom. The molecule has 0 amide bonds. The van der Waals surface area contributed by atoms with Crippen LogP contribution in [0.5, 0.6) is 0 Å². The summed E-state index contributed by atoms with van der Waals surface area (Å²) in [6.45, 7) is 0. The average molecular weight is 174 g/mol. The molecule has 0 spiro atoms. The fourth-order valence-electron chi connectivity index (χ4n) is 1.38. The zero-order chi connectivity index (χ0) is 9.42. The largest absolute Gasteiger partial charge is 0.294 e. The molecule has 0 unspecified atom stereocenters. The minimum Gasteiger partial charge on any atom is -0.294 e. The third-order valence-electron chi connectivity index (χ3n) is 1.98. The van der Waals surface area contributed by atoms with Gasteiger partial charge in [0, 0.05) is 5.57 Å². The van der Waals surface area contributed by atoms with Gasteiger partial charge < -0.3 is 0 Å². The van der Waals surface area contributed by atoms with Crippen LogP contribution in [0, 0.1) is 0 Å². The number of ketones is 3. The minimum absolute atomic E-state index is 0.115. The topological polar surface area (TPSA) is 51.2 Å². The summed E-state index contributed by atoms with van der Waals surface area (Å²) >= 11 is 0. The predicted octanol–water partition coefficient (Wildman–Crippen LogP) is 0.520. The number of carbonyl (C=O) groups is 3. The molecule has 0 aromatic rings. The molecule has 0 saturated carbocycles. The van der Waals surface area contributed by atoms with Crippen molar-refractivity contribution in [2.75, 3.05) is 0 Å². The fraction of sp³-hybridized carbons (Fsp3) is 0.100.